The minimum atomic E-state index is -1.15. The zero-order valence-electron chi connectivity index (χ0n) is 20.3. The standard InChI is InChI=1S/C26H32N2O7/c1-15(2)12-20(25(31)32)27-23(29)17-10-11-19(22(14-17)35-18-8-6-5-7-9-18)24(30)28-21(26(33)34)13-16(3)4/h5-11,14-16,20-21H,12-13H2,1-4H3,(H,27,29)(H,28,30)(H,31,32)(H,33,34)/t20?,21-/m0/s1. The van der Waals surface area contributed by atoms with Crippen LogP contribution in [0.3, 0.4) is 0 Å². The van der Waals surface area contributed by atoms with Gasteiger partial charge < -0.3 is 25.6 Å². The summed E-state index contributed by atoms with van der Waals surface area (Å²) in [7, 11) is 0. The second-order valence-electron chi connectivity index (χ2n) is 9.11. The van der Waals surface area contributed by atoms with Crippen LogP contribution in [0, 0.1) is 11.8 Å². The summed E-state index contributed by atoms with van der Waals surface area (Å²) < 4.78 is 5.86. The van der Waals surface area contributed by atoms with Crippen molar-refractivity contribution in [3.63, 3.8) is 0 Å². The molecule has 35 heavy (non-hydrogen) atoms. The SMILES string of the molecule is CC(C)CC(NC(=O)c1ccc(C(=O)N[C@@H](CC(C)C)C(=O)O)c(Oc2ccccc2)c1)C(=O)O. The fourth-order valence-corrected chi connectivity index (χ4v) is 3.41. The molecule has 4 N–H and O–H groups in total. The quantitative estimate of drug-likeness (QED) is 0.357. The maximum Gasteiger partial charge on any atom is 0.326 e. The highest BCUT2D eigenvalue weighted by molar-refractivity contribution is 6.02. The summed E-state index contributed by atoms with van der Waals surface area (Å²) >= 11 is 0. The summed E-state index contributed by atoms with van der Waals surface area (Å²) in [5, 5.41) is 23.9. The number of benzene rings is 2. The first-order chi connectivity index (χ1) is 16.5. The van der Waals surface area contributed by atoms with E-state index >= 15 is 0 Å². The Morgan fingerprint density at radius 3 is 1.77 bits per heavy atom. The molecular formula is C26H32N2O7. The molecule has 9 nitrogen and oxygen atoms in total. The fourth-order valence-electron chi connectivity index (χ4n) is 3.41. The van der Waals surface area contributed by atoms with Gasteiger partial charge in [-0.05, 0) is 55.0 Å². The minimum Gasteiger partial charge on any atom is -0.480 e. The average molecular weight is 485 g/mol. The molecule has 0 bridgehead atoms. The van der Waals surface area contributed by atoms with Crippen molar-refractivity contribution in [1.82, 2.24) is 10.6 Å². The number of carbonyl (C=O) groups is 4. The molecule has 2 atom stereocenters. The van der Waals surface area contributed by atoms with Crippen LogP contribution >= 0.6 is 0 Å². The van der Waals surface area contributed by atoms with Crippen LogP contribution < -0.4 is 15.4 Å². The fraction of sp³-hybridized carbons (Fsp3) is 0.385. The van der Waals surface area contributed by atoms with E-state index in [1.807, 2.05) is 27.7 Å². The van der Waals surface area contributed by atoms with Crippen molar-refractivity contribution < 1.29 is 34.1 Å². The van der Waals surface area contributed by atoms with Gasteiger partial charge in [0.05, 0.1) is 5.56 Å². The van der Waals surface area contributed by atoms with E-state index in [0.29, 0.717) is 5.75 Å². The highest BCUT2D eigenvalue weighted by Crippen LogP contribution is 2.27. The third kappa shape index (κ3) is 8.44. The van der Waals surface area contributed by atoms with Gasteiger partial charge in [0, 0.05) is 5.56 Å². The van der Waals surface area contributed by atoms with E-state index in [4.69, 9.17) is 4.74 Å². The Hall–Kier alpha value is -3.88. The lowest BCUT2D eigenvalue weighted by Crippen LogP contribution is -2.42. The maximum atomic E-state index is 13.0. The molecule has 1 unspecified atom stereocenters. The Balaban J connectivity index is 2.38. The van der Waals surface area contributed by atoms with Crippen LogP contribution in [0.4, 0.5) is 0 Å². The molecule has 2 aromatic rings. The second-order valence-corrected chi connectivity index (χ2v) is 9.11. The summed E-state index contributed by atoms with van der Waals surface area (Å²) in [5.41, 5.74) is 0.136. The molecular weight excluding hydrogens is 452 g/mol. The Morgan fingerprint density at radius 2 is 1.29 bits per heavy atom. The number of nitrogens with one attached hydrogen (secondary N) is 2. The Bertz CT molecular complexity index is 1050. The van der Waals surface area contributed by atoms with Gasteiger partial charge in [0.25, 0.3) is 11.8 Å². The molecule has 2 rings (SSSR count). The smallest absolute Gasteiger partial charge is 0.326 e. The van der Waals surface area contributed by atoms with Gasteiger partial charge in [0.2, 0.25) is 0 Å². The van der Waals surface area contributed by atoms with Crippen LogP contribution in [0.5, 0.6) is 11.5 Å². The van der Waals surface area contributed by atoms with Crippen LogP contribution in [0.1, 0.15) is 61.3 Å². The summed E-state index contributed by atoms with van der Waals surface area (Å²) in [6.07, 6.45) is 0.490. The number of rotatable bonds is 12. The molecule has 188 valence electrons. The maximum absolute atomic E-state index is 13.0. The first-order valence-electron chi connectivity index (χ1n) is 11.4. The lowest BCUT2D eigenvalue weighted by atomic mass is 10.0. The number of aliphatic carboxylic acids is 2. The average Bonchev–Trinajstić information content (AvgIpc) is 2.78. The topological polar surface area (TPSA) is 142 Å². The number of hydrogen-bond acceptors (Lipinski definition) is 5. The van der Waals surface area contributed by atoms with Gasteiger partial charge in [0.1, 0.15) is 23.6 Å². The second kappa shape index (κ2) is 12.5. The molecule has 0 aliphatic carbocycles. The normalized spacial score (nSPS) is 12.6. The van der Waals surface area contributed by atoms with Crippen molar-refractivity contribution in [2.45, 2.75) is 52.6 Å². The van der Waals surface area contributed by atoms with Gasteiger partial charge in [-0.3, -0.25) is 9.59 Å². The van der Waals surface area contributed by atoms with Crippen LogP contribution in [-0.4, -0.2) is 46.0 Å². The van der Waals surface area contributed by atoms with Gasteiger partial charge in [0.15, 0.2) is 0 Å². The van der Waals surface area contributed by atoms with Gasteiger partial charge >= 0.3 is 11.9 Å². The van der Waals surface area contributed by atoms with Gasteiger partial charge in [-0.2, -0.15) is 0 Å². The van der Waals surface area contributed by atoms with Crippen LogP contribution in [-0.2, 0) is 9.59 Å². The Labute approximate surface area is 204 Å². The number of carboxylic acids is 2. The lowest BCUT2D eigenvalue weighted by Gasteiger charge is -2.19. The molecule has 0 saturated carbocycles. The van der Waals surface area contributed by atoms with Crippen molar-refractivity contribution in [1.29, 1.82) is 0 Å². The zero-order chi connectivity index (χ0) is 26.1. The van der Waals surface area contributed by atoms with E-state index in [1.165, 1.54) is 18.2 Å². The number of ether oxygens (including phenoxy) is 1. The van der Waals surface area contributed by atoms with Crippen molar-refractivity contribution in [3.8, 4) is 11.5 Å². The summed E-state index contributed by atoms with van der Waals surface area (Å²) in [5.74, 6) is -3.08. The molecule has 0 aliphatic rings. The van der Waals surface area contributed by atoms with Crippen LogP contribution in [0.15, 0.2) is 48.5 Å². The molecule has 0 spiro atoms. The number of para-hydroxylation sites is 1. The highest BCUT2D eigenvalue weighted by atomic mass is 16.5. The van der Waals surface area contributed by atoms with E-state index in [1.54, 1.807) is 30.3 Å². The molecule has 0 aromatic heterocycles. The van der Waals surface area contributed by atoms with Gasteiger partial charge in [-0.1, -0.05) is 45.9 Å². The predicted octanol–water partition coefficient (Wildman–Crippen LogP) is 3.94. The first kappa shape index (κ1) is 27.4. The summed E-state index contributed by atoms with van der Waals surface area (Å²) in [4.78, 5) is 49.0. The van der Waals surface area contributed by atoms with E-state index in [-0.39, 0.29) is 41.6 Å². The minimum absolute atomic E-state index is 0.0331. The molecule has 0 heterocycles. The highest BCUT2D eigenvalue weighted by Gasteiger charge is 2.26. The van der Waals surface area contributed by atoms with Crippen molar-refractivity contribution >= 4 is 23.8 Å². The van der Waals surface area contributed by atoms with E-state index < -0.39 is 35.8 Å². The molecule has 9 heteroatoms. The molecule has 2 aromatic carbocycles. The predicted molar refractivity (Wildman–Crippen MR) is 130 cm³/mol. The van der Waals surface area contributed by atoms with Crippen LogP contribution in [0.2, 0.25) is 0 Å². The molecule has 0 aliphatic heterocycles. The van der Waals surface area contributed by atoms with Gasteiger partial charge in [-0.25, -0.2) is 9.59 Å². The molecule has 2 amide bonds. The van der Waals surface area contributed by atoms with E-state index in [0.717, 1.165) is 0 Å². The number of carboxylic acid groups (broad SMARTS) is 2. The molecule has 0 fully saturated rings. The zero-order valence-corrected chi connectivity index (χ0v) is 20.3. The lowest BCUT2D eigenvalue weighted by molar-refractivity contribution is -0.140. The van der Waals surface area contributed by atoms with E-state index in [2.05, 4.69) is 10.6 Å². The Kier molecular flexibility index (Phi) is 9.81. The van der Waals surface area contributed by atoms with Crippen molar-refractivity contribution in [2.24, 2.45) is 11.8 Å². The molecule has 0 saturated heterocycles. The number of hydrogen-bond donors (Lipinski definition) is 4. The largest absolute Gasteiger partial charge is 0.480 e. The van der Waals surface area contributed by atoms with E-state index in [9.17, 15) is 29.4 Å². The van der Waals surface area contributed by atoms with Crippen molar-refractivity contribution in [3.05, 3.63) is 59.7 Å². The third-order valence-electron chi connectivity index (χ3n) is 5.08. The third-order valence-corrected chi connectivity index (χ3v) is 5.08. The molecule has 0 radical (unpaired) electrons. The monoisotopic (exact) mass is 484 g/mol. The van der Waals surface area contributed by atoms with Gasteiger partial charge in [-0.15, -0.1) is 0 Å². The number of amides is 2. The summed E-state index contributed by atoms with van der Waals surface area (Å²) in [6, 6.07) is 10.5. The first-order valence-corrected chi connectivity index (χ1v) is 11.4. The number of carbonyl (C=O) groups excluding carboxylic acids is 2. The Morgan fingerprint density at radius 1 is 0.771 bits per heavy atom. The summed E-state index contributed by atoms with van der Waals surface area (Å²) in [6.45, 7) is 7.40. The van der Waals surface area contributed by atoms with Crippen LogP contribution in [0.25, 0.3) is 0 Å². The van der Waals surface area contributed by atoms with Crippen molar-refractivity contribution in [2.75, 3.05) is 0 Å².